The van der Waals surface area contributed by atoms with Gasteiger partial charge >= 0.3 is 11.7 Å². The van der Waals surface area contributed by atoms with Crippen LogP contribution in [0, 0.1) is 15.9 Å². The summed E-state index contributed by atoms with van der Waals surface area (Å²) < 4.78 is 40.2. The summed E-state index contributed by atoms with van der Waals surface area (Å²) in [4.78, 5) is 19.5. The number of rotatable bonds is 7. The topological polar surface area (TPSA) is 127 Å². The van der Waals surface area contributed by atoms with Gasteiger partial charge in [0.05, 0.1) is 4.92 Å². The Balaban J connectivity index is 3.18. The summed E-state index contributed by atoms with van der Waals surface area (Å²) in [5, 5.41) is 19.5. The Morgan fingerprint density at radius 2 is 2.05 bits per heavy atom. The zero-order valence-corrected chi connectivity index (χ0v) is 12.7. The molecule has 1 aromatic rings. The Labute approximate surface area is 126 Å². The van der Waals surface area contributed by atoms with E-state index in [1.54, 1.807) is 0 Å². The lowest BCUT2D eigenvalue weighted by Gasteiger charge is -2.25. The summed E-state index contributed by atoms with van der Waals surface area (Å²) in [5.41, 5.74) is -2.32. The Bertz CT molecular complexity index is 702. The van der Waals surface area contributed by atoms with E-state index in [-0.39, 0.29) is 12.8 Å². The SMILES string of the molecule is CC(C)(CCC(=O)O)NS(=O)(=O)c1cccc(F)c1[N+](=O)[O-]. The molecule has 0 spiro atoms. The molecule has 2 N–H and O–H groups in total. The number of benzene rings is 1. The molecule has 0 bridgehead atoms. The highest BCUT2D eigenvalue weighted by atomic mass is 32.2. The third-order valence-electron chi connectivity index (χ3n) is 2.80. The molecule has 0 heterocycles. The van der Waals surface area contributed by atoms with E-state index in [2.05, 4.69) is 4.72 Å². The van der Waals surface area contributed by atoms with Crippen LogP contribution in [0.1, 0.15) is 26.7 Å². The van der Waals surface area contributed by atoms with E-state index < -0.39 is 42.9 Å². The lowest BCUT2D eigenvalue weighted by Crippen LogP contribution is -2.43. The molecule has 10 heteroatoms. The fourth-order valence-corrected chi connectivity index (χ4v) is 3.40. The number of aliphatic carboxylic acids is 1. The van der Waals surface area contributed by atoms with Gasteiger partial charge in [0.25, 0.3) is 0 Å². The largest absolute Gasteiger partial charge is 0.481 e. The average molecular weight is 334 g/mol. The lowest BCUT2D eigenvalue weighted by atomic mass is 10.0. The van der Waals surface area contributed by atoms with Gasteiger partial charge in [0.15, 0.2) is 4.90 Å². The summed E-state index contributed by atoms with van der Waals surface area (Å²) in [5.74, 6) is -2.37. The quantitative estimate of drug-likeness (QED) is 0.576. The van der Waals surface area contributed by atoms with E-state index in [1.165, 1.54) is 13.8 Å². The number of halogens is 1. The van der Waals surface area contributed by atoms with Gasteiger partial charge < -0.3 is 5.11 Å². The molecule has 0 aliphatic rings. The van der Waals surface area contributed by atoms with E-state index in [9.17, 15) is 27.7 Å². The van der Waals surface area contributed by atoms with E-state index in [0.29, 0.717) is 0 Å². The highest BCUT2D eigenvalue weighted by Crippen LogP contribution is 2.28. The van der Waals surface area contributed by atoms with Crippen LogP contribution in [-0.4, -0.2) is 30.0 Å². The van der Waals surface area contributed by atoms with Crippen molar-refractivity contribution in [3.8, 4) is 0 Å². The van der Waals surface area contributed by atoms with Crippen LogP contribution in [0.2, 0.25) is 0 Å². The van der Waals surface area contributed by atoms with Crippen molar-refractivity contribution in [3.63, 3.8) is 0 Å². The third kappa shape index (κ3) is 4.46. The molecule has 0 atom stereocenters. The van der Waals surface area contributed by atoms with Gasteiger partial charge in [-0.2, -0.15) is 4.39 Å². The fraction of sp³-hybridized carbons (Fsp3) is 0.417. The molecule has 1 aromatic carbocycles. The first kappa shape index (κ1) is 18.0. The van der Waals surface area contributed by atoms with Gasteiger partial charge in [-0.05, 0) is 32.4 Å². The first-order valence-electron chi connectivity index (χ1n) is 6.15. The minimum atomic E-state index is -4.39. The van der Waals surface area contributed by atoms with Crippen molar-refractivity contribution in [2.45, 2.75) is 37.1 Å². The number of nitro benzene ring substituents is 1. The zero-order valence-electron chi connectivity index (χ0n) is 11.9. The standard InChI is InChI=1S/C12H15FN2O6S/c1-12(2,7-6-10(16)17)14-22(20,21)9-5-3-4-8(13)11(9)15(18)19/h3-5,14H,6-7H2,1-2H3,(H,16,17). The van der Waals surface area contributed by atoms with Crippen LogP contribution in [0.3, 0.4) is 0 Å². The Morgan fingerprint density at radius 1 is 1.45 bits per heavy atom. The highest BCUT2D eigenvalue weighted by molar-refractivity contribution is 7.89. The molecule has 0 aromatic heterocycles. The van der Waals surface area contributed by atoms with Gasteiger partial charge in [-0.15, -0.1) is 0 Å². The number of carbonyl (C=O) groups is 1. The predicted molar refractivity (Wildman–Crippen MR) is 74.3 cm³/mol. The number of nitrogens with one attached hydrogen (secondary N) is 1. The number of sulfonamides is 1. The van der Waals surface area contributed by atoms with Crippen LogP contribution < -0.4 is 4.72 Å². The molecule has 0 unspecified atom stereocenters. The van der Waals surface area contributed by atoms with E-state index in [4.69, 9.17) is 5.11 Å². The summed E-state index contributed by atoms with van der Waals surface area (Å²) >= 11 is 0. The van der Waals surface area contributed by atoms with Gasteiger partial charge in [-0.1, -0.05) is 6.07 Å². The normalized spacial score (nSPS) is 12.1. The molecule has 0 aliphatic carbocycles. The third-order valence-corrected chi connectivity index (χ3v) is 4.53. The van der Waals surface area contributed by atoms with E-state index >= 15 is 0 Å². The van der Waals surface area contributed by atoms with Crippen molar-refractivity contribution in [1.82, 2.24) is 4.72 Å². The maximum absolute atomic E-state index is 13.5. The van der Waals surface area contributed by atoms with Crippen LogP contribution in [0.15, 0.2) is 23.1 Å². The smallest absolute Gasteiger partial charge is 0.324 e. The molecule has 1 rings (SSSR count). The predicted octanol–water partition coefficient (Wildman–Crippen LogP) is 1.66. The van der Waals surface area contributed by atoms with Crippen molar-refractivity contribution >= 4 is 21.7 Å². The number of hydrogen-bond donors (Lipinski definition) is 2. The molecule has 8 nitrogen and oxygen atoms in total. The van der Waals surface area contributed by atoms with Crippen LogP contribution in [0.4, 0.5) is 10.1 Å². The molecular weight excluding hydrogens is 319 g/mol. The fourth-order valence-electron chi connectivity index (χ4n) is 1.78. The summed E-state index contributed by atoms with van der Waals surface area (Å²) in [6, 6.07) is 2.74. The molecule has 0 radical (unpaired) electrons. The number of hydrogen-bond acceptors (Lipinski definition) is 5. The van der Waals surface area contributed by atoms with E-state index in [0.717, 1.165) is 18.2 Å². The minimum absolute atomic E-state index is 0.0370. The Morgan fingerprint density at radius 3 is 2.55 bits per heavy atom. The van der Waals surface area contributed by atoms with Crippen molar-refractivity contribution in [2.75, 3.05) is 0 Å². The molecule has 122 valence electrons. The van der Waals surface area contributed by atoms with Crippen molar-refractivity contribution in [1.29, 1.82) is 0 Å². The summed E-state index contributed by atoms with van der Waals surface area (Å²) in [6.45, 7) is 2.86. The van der Waals surface area contributed by atoms with Gasteiger partial charge in [-0.25, -0.2) is 13.1 Å². The Kier molecular flexibility index (Phi) is 5.20. The molecule has 0 saturated heterocycles. The molecule has 0 amide bonds. The number of para-hydroxylation sites is 1. The minimum Gasteiger partial charge on any atom is -0.481 e. The maximum Gasteiger partial charge on any atom is 0.324 e. The van der Waals surface area contributed by atoms with Gasteiger partial charge in [0.2, 0.25) is 15.8 Å². The second-order valence-electron chi connectivity index (χ2n) is 5.23. The second kappa shape index (κ2) is 6.36. The van der Waals surface area contributed by atoms with E-state index in [1.807, 2.05) is 0 Å². The number of carboxylic acids is 1. The average Bonchev–Trinajstić information content (AvgIpc) is 2.34. The number of carboxylic acid groups (broad SMARTS) is 1. The monoisotopic (exact) mass is 334 g/mol. The highest BCUT2D eigenvalue weighted by Gasteiger charge is 2.33. The van der Waals surface area contributed by atoms with Gasteiger partial charge in [0, 0.05) is 12.0 Å². The molecule has 0 saturated carbocycles. The maximum atomic E-state index is 13.5. The van der Waals surface area contributed by atoms with Crippen LogP contribution >= 0.6 is 0 Å². The number of nitrogens with zero attached hydrogens (tertiary/aromatic N) is 1. The summed E-state index contributed by atoms with van der Waals surface area (Å²) in [7, 11) is -4.39. The second-order valence-corrected chi connectivity index (χ2v) is 6.88. The lowest BCUT2D eigenvalue weighted by molar-refractivity contribution is -0.390. The first-order valence-corrected chi connectivity index (χ1v) is 7.63. The van der Waals surface area contributed by atoms with Crippen molar-refractivity contribution in [3.05, 3.63) is 34.1 Å². The molecule has 22 heavy (non-hydrogen) atoms. The first-order chi connectivity index (χ1) is 9.96. The van der Waals surface area contributed by atoms with Crippen molar-refractivity contribution < 1.29 is 27.6 Å². The molecule has 0 fully saturated rings. The van der Waals surface area contributed by atoms with Crippen LogP contribution in [0.25, 0.3) is 0 Å². The molecular formula is C12H15FN2O6S. The van der Waals surface area contributed by atoms with Crippen molar-refractivity contribution in [2.24, 2.45) is 0 Å². The van der Waals surface area contributed by atoms with Gasteiger partial charge in [0.1, 0.15) is 0 Å². The Hall–Kier alpha value is -2.07. The number of nitro groups is 1. The molecule has 0 aliphatic heterocycles. The van der Waals surface area contributed by atoms with Gasteiger partial charge in [-0.3, -0.25) is 14.9 Å². The zero-order chi connectivity index (χ0) is 17.1. The van der Waals surface area contributed by atoms with Crippen LogP contribution in [0.5, 0.6) is 0 Å². The summed E-state index contributed by atoms with van der Waals surface area (Å²) in [6.07, 6.45) is -0.328. The van der Waals surface area contributed by atoms with Crippen LogP contribution in [-0.2, 0) is 14.8 Å².